The van der Waals surface area contributed by atoms with Crippen LogP contribution < -0.4 is 0 Å². The molecule has 0 aromatic carbocycles. The lowest BCUT2D eigenvalue weighted by atomic mass is 9.44. The molecule has 23 heavy (non-hydrogen) atoms. The molecular formula is C21H32O2. The molecule has 4 unspecified atom stereocenters. The van der Waals surface area contributed by atoms with Crippen molar-refractivity contribution in [3.05, 3.63) is 12.7 Å². The summed E-state index contributed by atoms with van der Waals surface area (Å²) in [4.78, 5) is 12.4. The lowest BCUT2D eigenvalue weighted by Gasteiger charge is -2.61. The van der Waals surface area contributed by atoms with Gasteiger partial charge in [0.2, 0.25) is 0 Å². The Morgan fingerprint density at radius 1 is 1.09 bits per heavy atom. The number of carbonyl (C=O) groups excluding carboxylic acids is 1. The van der Waals surface area contributed by atoms with Crippen LogP contribution in [0, 0.1) is 34.5 Å². The molecule has 0 radical (unpaired) electrons. The van der Waals surface area contributed by atoms with E-state index in [0.29, 0.717) is 23.0 Å². The third kappa shape index (κ3) is 2.06. The average Bonchev–Trinajstić information content (AvgIpc) is 2.84. The van der Waals surface area contributed by atoms with E-state index >= 15 is 0 Å². The van der Waals surface area contributed by atoms with Gasteiger partial charge in [0.15, 0.2) is 0 Å². The number of ketones is 1. The van der Waals surface area contributed by atoms with E-state index in [-0.39, 0.29) is 5.41 Å². The first-order chi connectivity index (χ1) is 10.8. The van der Waals surface area contributed by atoms with Crippen molar-refractivity contribution >= 4 is 5.78 Å². The zero-order valence-electron chi connectivity index (χ0n) is 14.8. The molecule has 0 saturated heterocycles. The Kier molecular flexibility index (Phi) is 3.41. The molecule has 0 aromatic heterocycles. The van der Waals surface area contributed by atoms with Gasteiger partial charge in [-0.25, -0.2) is 0 Å². The van der Waals surface area contributed by atoms with Gasteiger partial charge < -0.3 is 5.11 Å². The fourth-order valence-corrected chi connectivity index (χ4v) is 7.23. The van der Waals surface area contributed by atoms with Crippen molar-refractivity contribution in [2.45, 2.75) is 77.2 Å². The summed E-state index contributed by atoms with van der Waals surface area (Å²) in [5, 5.41) is 10.7. The largest absolute Gasteiger partial charge is 0.386 e. The van der Waals surface area contributed by atoms with Crippen molar-refractivity contribution in [1.29, 1.82) is 0 Å². The molecule has 2 nitrogen and oxygen atoms in total. The number of fused-ring (bicyclic) bond motifs is 5. The highest BCUT2D eigenvalue weighted by Gasteiger charge is 2.60. The molecule has 0 aliphatic heterocycles. The second-order valence-electron chi connectivity index (χ2n) is 9.59. The maximum Gasteiger partial charge on any atom is 0.139 e. The van der Waals surface area contributed by atoms with Crippen LogP contribution in [0.2, 0.25) is 0 Å². The van der Waals surface area contributed by atoms with Crippen LogP contribution in [-0.4, -0.2) is 16.5 Å². The summed E-state index contributed by atoms with van der Waals surface area (Å²) in [5.74, 6) is 3.31. The topological polar surface area (TPSA) is 37.3 Å². The molecule has 4 aliphatic rings. The van der Waals surface area contributed by atoms with E-state index < -0.39 is 5.60 Å². The van der Waals surface area contributed by atoms with Crippen molar-refractivity contribution in [3.8, 4) is 0 Å². The Labute approximate surface area is 140 Å². The first-order valence-electron chi connectivity index (χ1n) is 9.72. The molecule has 0 bridgehead atoms. The van der Waals surface area contributed by atoms with E-state index in [1.165, 1.54) is 19.3 Å². The SMILES string of the molecule is C=CC1(O)CC[C@]2(C)C3CC[C@]4(C)C(=O)CCC4C3CC[C@H]2C1. The van der Waals surface area contributed by atoms with Crippen LogP contribution in [-0.2, 0) is 4.79 Å². The molecule has 2 heteroatoms. The molecule has 4 fully saturated rings. The Bertz CT molecular complexity index is 540. The maximum atomic E-state index is 12.4. The molecular weight excluding hydrogens is 284 g/mol. The third-order valence-corrected chi connectivity index (χ3v) is 8.85. The van der Waals surface area contributed by atoms with E-state index in [4.69, 9.17) is 0 Å². The highest BCUT2D eigenvalue weighted by atomic mass is 16.3. The lowest BCUT2D eigenvalue weighted by molar-refractivity contribution is -0.147. The van der Waals surface area contributed by atoms with Gasteiger partial charge in [0, 0.05) is 11.8 Å². The summed E-state index contributed by atoms with van der Waals surface area (Å²) >= 11 is 0. The predicted molar refractivity (Wildman–Crippen MR) is 91.9 cm³/mol. The predicted octanol–water partition coefficient (Wildman–Crippen LogP) is 4.52. The van der Waals surface area contributed by atoms with Crippen LogP contribution in [0.15, 0.2) is 12.7 Å². The molecule has 7 atom stereocenters. The maximum absolute atomic E-state index is 12.4. The molecule has 0 aromatic rings. The smallest absolute Gasteiger partial charge is 0.139 e. The van der Waals surface area contributed by atoms with Crippen molar-refractivity contribution < 1.29 is 9.90 Å². The Morgan fingerprint density at radius 3 is 2.61 bits per heavy atom. The van der Waals surface area contributed by atoms with E-state index in [2.05, 4.69) is 20.4 Å². The standard InChI is InChI=1S/C21H32O2/c1-4-21(23)12-11-19(2)14(13-21)5-6-15-16-7-8-18(22)20(16,3)10-9-17(15)19/h4,14-17,23H,1,5-13H2,2-3H3/t14-,15?,16?,17?,19-,20-,21?/m0/s1. The number of hydrogen-bond acceptors (Lipinski definition) is 2. The van der Waals surface area contributed by atoms with Crippen LogP contribution in [0.5, 0.6) is 0 Å². The van der Waals surface area contributed by atoms with Crippen LogP contribution >= 0.6 is 0 Å². The van der Waals surface area contributed by atoms with E-state index in [9.17, 15) is 9.90 Å². The van der Waals surface area contributed by atoms with Gasteiger partial charge in [0.25, 0.3) is 0 Å². The minimum absolute atomic E-state index is 0.0130. The van der Waals surface area contributed by atoms with Crippen molar-refractivity contribution in [2.75, 3.05) is 0 Å². The lowest BCUT2D eigenvalue weighted by Crippen LogP contribution is -2.55. The van der Waals surface area contributed by atoms with Crippen LogP contribution in [0.1, 0.15) is 71.6 Å². The zero-order chi connectivity index (χ0) is 16.5. The summed E-state index contributed by atoms with van der Waals surface area (Å²) in [6.07, 6.45) is 11.5. The molecule has 4 rings (SSSR count). The zero-order valence-corrected chi connectivity index (χ0v) is 14.8. The van der Waals surface area contributed by atoms with E-state index in [1.807, 2.05) is 0 Å². The van der Waals surface area contributed by atoms with Crippen molar-refractivity contribution in [3.63, 3.8) is 0 Å². The minimum Gasteiger partial charge on any atom is -0.386 e. The summed E-state index contributed by atoms with van der Waals surface area (Å²) in [7, 11) is 0. The first kappa shape index (κ1) is 15.9. The van der Waals surface area contributed by atoms with Gasteiger partial charge in [-0.2, -0.15) is 0 Å². The molecule has 4 aliphatic carbocycles. The molecule has 0 spiro atoms. The summed E-state index contributed by atoms with van der Waals surface area (Å²) in [5.41, 5.74) is -0.282. The Balaban J connectivity index is 1.62. The number of rotatable bonds is 1. The second kappa shape index (κ2) is 4.94. The molecule has 1 N–H and O–H groups in total. The first-order valence-corrected chi connectivity index (χ1v) is 9.72. The monoisotopic (exact) mass is 316 g/mol. The Morgan fingerprint density at radius 2 is 1.87 bits per heavy atom. The molecule has 4 saturated carbocycles. The van der Waals surface area contributed by atoms with Gasteiger partial charge in [-0.15, -0.1) is 6.58 Å². The minimum atomic E-state index is -0.635. The van der Waals surface area contributed by atoms with Crippen molar-refractivity contribution in [1.82, 2.24) is 0 Å². The number of aliphatic hydroxyl groups is 1. The summed E-state index contributed by atoms with van der Waals surface area (Å²) in [6, 6.07) is 0. The third-order valence-electron chi connectivity index (χ3n) is 8.85. The quantitative estimate of drug-likeness (QED) is 0.722. The number of carbonyl (C=O) groups is 1. The molecule has 0 heterocycles. The van der Waals surface area contributed by atoms with E-state index in [1.54, 1.807) is 6.08 Å². The summed E-state index contributed by atoms with van der Waals surface area (Å²) in [6.45, 7) is 8.63. The highest BCUT2D eigenvalue weighted by molar-refractivity contribution is 5.87. The van der Waals surface area contributed by atoms with Gasteiger partial charge in [-0.3, -0.25) is 4.79 Å². The molecule has 0 amide bonds. The fraction of sp³-hybridized carbons (Fsp3) is 0.857. The fourth-order valence-electron chi connectivity index (χ4n) is 7.23. The number of hydrogen-bond donors (Lipinski definition) is 1. The van der Waals surface area contributed by atoms with Crippen LogP contribution in [0.3, 0.4) is 0 Å². The van der Waals surface area contributed by atoms with Gasteiger partial charge in [0.1, 0.15) is 5.78 Å². The van der Waals surface area contributed by atoms with Crippen LogP contribution in [0.4, 0.5) is 0 Å². The van der Waals surface area contributed by atoms with E-state index in [0.717, 1.165) is 50.4 Å². The summed E-state index contributed by atoms with van der Waals surface area (Å²) < 4.78 is 0. The van der Waals surface area contributed by atoms with Crippen molar-refractivity contribution in [2.24, 2.45) is 34.5 Å². The average molecular weight is 316 g/mol. The molecule has 128 valence electrons. The number of Topliss-reactive ketones (excluding diaryl/α,β-unsaturated/α-hetero) is 1. The van der Waals surface area contributed by atoms with Crippen LogP contribution in [0.25, 0.3) is 0 Å². The normalized spacial score (nSPS) is 55.7. The highest BCUT2D eigenvalue weighted by Crippen LogP contribution is 2.66. The van der Waals surface area contributed by atoms with Gasteiger partial charge in [-0.05, 0) is 80.5 Å². The van der Waals surface area contributed by atoms with Gasteiger partial charge >= 0.3 is 0 Å². The Hall–Kier alpha value is -0.630. The van der Waals surface area contributed by atoms with Gasteiger partial charge in [-0.1, -0.05) is 19.9 Å². The second-order valence-corrected chi connectivity index (χ2v) is 9.59. The van der Waals surface area contributed by atoms with Gasteiger partial charge in [0.05, 0.1) is 5.60 Å².